The molecule has 0 radical (unpaired) electrons. The number of hydrogen-bond acceptors (Lipinski definition) is 6. The first kappa shape index (κ1) is 25.3. The Labute approximate surface area is 206 Å². The van der Waals surface area contributed by atoms with Gasteiger partial charge < -0.3 is 19.3 Å². The number of anilines is 4. The van der Waals surface area contributed by atoms with Gasteiger partial charge in [-0.2, -0.15) is 0 Å². The van der Waals surface area contributed by atoms with Crippen molar-refractivity contribution < 1.29 is 19.1 Å². The molecule has 0 amide bonds. The van der Waals surface area contributed by atoms with Gasteiger partial charge in [0.05, 0.1) is 0 Å². The fourth-order valence-electron chi connectivity index (χ4n) is 3.53. The Kier molecular flexibility index (Phi) is 8.46. The van der Waals surface area contributed by atoms with Crippen LogP contribution in [0.1, 0.15) is 20.8 Å². The monoisotopic (exact) mass is 470 g/mol. The topological polar surface area (TPSA) is 59.1 Å². The summed E-state index contributed by atoms with van der Waals surface area (Å²) < 4.78 is 10.5. The molecule has 0 aliphatic heterocycles. The van der Waals surface area contributed by atoms with E-state index in [1.165, 1.54) is 0 Å². The smallest absolute Gasteiger partial charge is 0.338 e. The molecule has 0 bridgehead atoms. The molecule has 180 valence electrons. The summed E-state index contributed by atoms with van der Waals surface area (Å²) in [6.07, 6.45) is 1.12. The third kappa shape index (κ3) is 6.38. The van der Waals surface area contributed by atoms with Gasteiger partial charge in [-0.05, 0) is 93.6 Å². The molecule has 0 heterocycles. The SMILES string of the molecule is C=CC(=O)Oc1ccc(N(c2ccc(OC(=O)C(=C)C)cc2)c2ccc(N(CC)CC)cc2)cc1. The number of carbonyl (C=O) groups excluding carboxylic acids is 2. The van der Waals surface area contributed by atoms with E-state index in [-0.39, 0.29) is 0 Å². The maximum absolute atomic E-state index is 11.9. The number of nitrogens with zero attached hydrogens (tertiary/aromatic N) is 2. The van der Waals surface area contributed by atoms with Crippen molar-refractivity contribution in [2.75, 3.05) is 22.9 Å². The van der Waals surface area contributed by atoms with Gasteiger partial charge in [0.1, 0.15) is 11.5 Å². The molecule has 0 aliphatic carbocycles. The summed E-state index contributed by atoms with van der Waals surface area (Å²) in [5.74, 6) is -0.115. The standard InChI is InChI=1S/C29H30N2O4/c1-6-28(32)34-26-17-13-24(14-18-26)31(23-11-9-22(10-12-23)30(7-2)8-3)25-15-19-27(20-16-25)35-29(33)21(4)5/h6,9-20H,1,4,7-8H2,2-3,5H3. The molecule has 0 saturated heterocycles. The molecule has 3 aromatic carbocycles. The van der Waals surface area contributed by atoms with E-state index in [1.54, 1.807) is 31.2 Å². The van der Waals surface area contributed by atoms with Gasteiger partial charge in [-0.25, -0.2) is 9.59 Å². The zero-order valence-electron chi connectivity index (χ0n) is 20.4. The Hall–Kier alpha value is -4.32. The van der Waals surface area contributed by atoms with Crippen molar-refractivity contribution in [1.82, 2.24) is 0 Å². The van der Waals surface area contributed by atoms with Crippen molar-refractivity contribution >= 4 is 34.7 Å². The van der Waals surface area contributed by atoms with Crippen LogP contribution in [0, 0.1) is 0 Å². The van der Waals surface area contributed by atoms with E-state index >= 15 is 0 Å². The van der Waals surface area contributed by atoms with Crippen molar-refractivity contribution in [1.29, 1.82) is 0 Å². The zero-order chi connectivity index (χ0) is 25.4. The Balaban J connectivity index is 1.97. The maximum atomic E-state index is 11.9. The van der Waals surface area contributed by atoms with E-state index in [1.807, 2.05) is 24.3 Å². The first-order valence-electron chi connectivity index (χ1n) is 11.4. The second-order valence-electron chi connectivity index (χ2n) is 7.81. The van der Waals surface area contributed by atoms with Gasteiger partial charge in [0.2, 0.25) is 0 Å². The van der Waals surface area contributed by atoms with E-state index in [0.717, 1.165) is 41.9 Å². The molecule has 3 aromatic rings. The Morgan fingerprint density at radius 2 is 1.14 bits per heavy atom. The lowest BCUT2D eigenvalue weighted by molar-refractivity contribution is -0.130. The van der Waals surface area contributed by atoms with Crippen molar-refractivity contribution in [3.63, 3.8) is 0 Å². The van der Waals surface area contributed by atoms with E-state index in [2.05, 4.69) is 61.1 Å². The van der Waals surface area contributed by atoms with E-state index in [9.17, 15) is 9.59 Å². The Morgan fingerprint density at radius 1 is 0.743 bits per heavy atom. The summed E-state index contributed by atoms with van der Waals surface area (Å²) in [5, 5.41) is 0. The largest absolute Gasteiger partial charge is 0.423 e. The van der Waals surface area contributed by atoms with Gasteiger partial charge >= 0.3 is 11.9 Å². The van der Waals surface area contributed by atoms with Crippen molar-refractivity contribution in [2.45, 2.75) is 20.8 Å². The quantitative estimate of drug-likeness (QED) is 0.190. The van der Waals surface area contributed by atoms with Gasteiger partial charge in [-0.1, -0.05) is 13.2 Å². The van der Waals surface area contributed by atoms with Crippen LogP contribution in [0.4, 0.5) is 22.7 Å². The summed E-state index contributed by atoms with van der Waals surface area (Å²) in [7, 11) is 0. The second kappa shape index (κ2) is 11.7. The highest BCUT2D eigenvalue weighted by molar-refractivity contribution is 5.89. The average molecular weight is 471 g/mol. The third-order valence-electron chi connectivity index (χ3n) is 5.37. The Morgan fingerprint density at radius 3 is 1.54 bits per heavy atom. The van der Waals surface area contributed by atoms with Gasteiger partial charge in [-0.15, -0.1) is 0 Å². The molecular formula is C29H30N2O4. The molecular weight excluding hydrogens is 440 g/mol. The van der Waals surface area contributed by atoms with Crippen LogP contribution in [0.15, 0.2) is 97.6 Å². The summed E-state index contributed by atoms with van der Waals surface area (Å²) >= 11 is 0. The van der Waals surface area contributed by atoms with E-state index < -0.39 is 11.9 Å². The minimum atomic E-state index is -0.513. The summed E-state index contributed by atoms with van der Waals surface area (Å²) in [6.45, 7) is 14.8. The molecule has 0 saturated carbocycles. The highest BCUT2D eigenvalue weighted by atomic mass is 16.5. The average Bonchev–Trinajstić information content (AvgIpc) is 2.87. The molecule has 0 fully saturated rings. The lowest BCUT2D eigenvalue weighted by Crippen LogP contribution is -2.21. The minimum absolute atomic E-state index is 0.334. The van der Waals surface area contributed by atoms with Crippen LogP contribution in [0.25, 0.3) is 0 Å². The van der Waals surface area contributed by atoms with Gasteiger partial charge in [0.25, 0.3) is 0 Å². The highest BCUT2D eigenvalue weighted by Crippen LogP contribution is 2.37. The van der Waals surface area contributed by atoms with Gasteiger partial charge in [-0.3, -0.25) is 0 Å². The molecule has 0 N–H and O–H groups in total. The van der Waals surface area contributed by atoms with Crippen LogP contribution < -0.4 is 19.3 Å². The number of ether oxygens (including phenoxy) is 2. The molecule has 0 aliphatic rings. The summed E-state index contributed by atoms with van der Waals surface area (Å²) in [5.41, 5.74) is 4.16. The van der Waals surface area contributed by atoms with E-state index in [4.69, 9.17) is 9.47 Å². The Bertz CT molecular complexity index is 1180. The summed E-state index contributed by atoms with van der Waals surface area (Å²) in [4.78, 5) is 27.7. The van der Waals surface area contributed by atoms with Gasteiger partial charge in [0.15, 0.2) is 0 Å². The molecule has 6 heteroatoms. The van der Waals surface area contributed by atoms with Crippen LogP contribution in [0.3, 0.4) is 0 Å². The molecule has 35 heavy (non-hydrogen) atoms. The number of hydrogen-bond donors (Lipinski definition) is 0. The number of esters is 2. The van der Waals surface area contributed by atoms with E-state index in [0.29, 0.717) is 17.1 Å². The van der Waals surface area contributed by atoms with Crippen LogP contribution in [-0.4, -0.2) is 25.0 Å². The van der Waals surface area contributed by atoms with Crippen LogP contribution in [0.2, 0.25) is 0 Å². The van der Waals surface area contributed by atoms with Crippen molar-refractivity contribution in [3.8, 4) is 11.5 Å². The lowest BCUT2D eigenvalue weighted by Gasteiger charge is -2.27. The molecule has 3 rings (SSSR count). The van der Waals surface area contributed by atoms with Crippen LogP contribution in [0.5, 0.6) is 11.5 Å². The number of rotatable bonds is 10. The number of benzene rings is 3. The fraction of sp³-hybridized carbons (Fsp3) is 0.172. The summed E-state index contributed by atoms with van der Waals surface area (Å²) in [6, 6.07) is 22.8. The predicted octanol–water partition coefficient (Wildman–Crippen LogP) is 6.58. The normalized spacial score (nSPS) is 10.3. The zero-order valence-corrected chi connectivity index (χ0v) is 20.4. The second-order valence-corrected chi connectivity index (χ2v) is 7.81. The van der Waals surface area contributed by atoms with Gasteiger partial charge in [0, 0.05) is 47.5 Å². The molecule has 0 aromatic heterocycles. The first-order valence-corrected chi connectivity index (χ1v) is 11.4. The maximum Gasteiger partial charge on any atom is 0.338 e. The molecule has 0 spiro atoms. The molecule has 0 unspecified atom stereocenters. The highest BCUT2D eigenvalue weighted by Gasteiger charge is 2.15. The molecule has 6 nitrogen and oxygen atoms in total. The minimum Gasteiger partial charge on any atom is -0.423 e. The van der Waals surface area contributed by atoms with Crippen LogP contribution in [-0.2, 0) is 9.59 Å². The van der Waals surface area contributed by atoms with Crippen molar-refractivity contribution in [3.05, 3.63) is 97.6 Å². The van der Waals surface area contributed by atoms with Crippen molar-refractivity contribution in [2.24, 2.45) is 0 Å². The molecule has 0 atom stereocenters. The predicted molar refractivity (Wildman–Crippen MR) is 141 cm³/mol. The first-order chi connectivity index (χ1) is 16.9. The fourth-order valence-corrected chi connectivity index (χ4v) is 3.53. The van der Waals surface area contributed by atoms with Crippen LogP contribution >= 0.6 is 0 Å². The number of carbonyl (C=O) groups is 2. The lowest BCUT2D eigenvalue weighted by atomic mass is 10.1. The third-order valence-corrected chi connectivity index (χ3v) is 5.37.